The Morgan fingerprint density at radius 3 is 2.44 bits per heavy atom. The van der Waals surface area contributed by atoms with Crippen LogP contribution in [0.5, 0.6) is 0 Å². The molecule has 0 aliphatic carbocycles. The molecule has 1 heterocycles. The standard InChI is InChI=1S/C13H12BrCl2NO/c1-2-10(17)11-3-4-12(18-11)13-8(15)5-7(14)6-9(13)16/h3-6,10H,2,17H2,1H3. The first-order chi connectivity index (χ1) is 8.52. The quantitative estimate of drug-likeness (QED) is 0.803. The van der Waals surface area contributed by atoms with Gasteiger partial charge in [0, 0.05) is 4.47 Å². The van der Waals surface area contributed by atoms with E-state index in [0.29, 0.717) is 21.4 Å². The van der Waals surface area contributed by atoms with Gasteiger partial charge in [-0.15, -0.1) is 0 Å². The lowest BCUT2D eigenvalue weighted by Crippen LogP contribution is -2.06. The lowest BCUT2D eigenvalue weighted by atomic mass is 10.1. The average Bonchev–Trinajstić information content (AvgIpc) is 2.76. The monoisotopic (exact) mass is 347 g/mol. The molecule has 0 spiro atoms. The molecule has 5 heteroatoms. The van der Waals surface area contributed by atoms with Crippen LogP contribution in [0.1, 0.15) is 25.1 Å². The van der Waals surface area contributed by atoms with Gasteiger partial charge in [0.05, 0.1) is 21.7 Å². The second-order valence-corrected chi connectivity index (χ2v) is 5.69. The highest BCUT2D eigenvalue weighted by Gasteiger charge is 2.15. The van der Waals surface area contributed by atoms with Gasteiger partial charge in [-0.1, -0.05) is 46.1 Å². The maximum absolute atomic E-state index is 6.19. The van der Waals surface area contributed by atoms with Crippen LogP contribution in [0.4, 0.5) is 0 Å². The third kappa shape index (κ3) is 2.75. The van der Waals surface area contributed by atoms with Gasteiger partial charge in [-0.3, -0.25) is 0 Å². The highest BCUT2D eigenvalue weighted by molar-refractivity contribution is 9.10. The maximum atomic E-state index is 6.19. The van der Waals surface area contributed by atoms with Gasteiger partial charge in [0.1, 0.15) is 11.5 Å². The summed E-state index contributed by atoms with van der Waals surface area (Å²) in [7, 11) is 0. The lowest BCUT2D eigenvalue weighted by Gasteiger charge is -2.06. The van der Waals surface area contributed by atoms with E-state index in [1.165, 1.54) is 0 Å². The topological polar surface area (TPSA) is 39.2 Å². The summed E-state index contributed by atoms with van der Waals surface area (Å²) in [5.74, 6) is 1.37. The average molecular weight is 349 g/mol. The Bertz CT molecular complexity index is 545. The van der Waals surface area contributed by atoms with Crippen LogP contribution in [0.3, 0.4) is 0 Å². The van der Waals surface area contributed by atoms with E-state index >= 15 is 0 Å². The lowest BCUT2D eigenvalue weighted by molar-refractivity contribution is 0.470. The first kappa shape index (κ1) is 13.9. The molecule has 1 unspecified atom stereocenters. The Hall–Kier alpha value is -0.480. The van der Waals surface area contributed by atoms with Gasteiger partial charge in [-0.05, 0) is 30.7 Å². The van der Waals surface area contributed by atoms with E-state index in [2.05, 4.69) is 15.9 Å². The van der Waals surface area contributed by atoms with Crippen LogP contribution in [0.2, 0.25) is 10.0 Å². The van der Waals surface area contributed by atoms with Gasteiger partial charge in [0.15, 0.2) is 0 Å². The normalized spacial score (nSPS) is 12.7. The van der Waals surface area contributed by atoms with E-state index in [1.54, 1.807) is 12.1 Å². The van der Waals surface area contributed by atoms with Crippen molar-refractivity contribution in [1.29, 1.82) is 0 Å². The molecule has 0 saturated heterocycles. The molecular formula is C13H12BrCl2NO. The second-order valence-electron chi connectivity index (χ2n) is 3.96. The largest absolute Gasteiger partial charge is 0.459 e. The van der Waals surface area contributed by atoms with Crippen molar-refractivity contribution in [1.82, 2.24) is 0 Å². The third-order valence-electron chi connectivity index (χ3n) is 2.69. The van der Waals surface area contributed by atoms with Crippen LogP contribution in [0.15, 0.2) is 33.2 Å². The predicted octanol–water partition coefficient (Wildman–Crippen LogP) is 5.43. The van der Waals surface area contributed by atoms with Crippen LogP contribution in [-0.4, -0.2) is 0 Å². The summed E-state index contributed by atoms with van der Waals surface area (Å²) >= 11 is 15.7. The molecule has 0 saturated carbocycles. The highest BCUT2D eigenvalue weighted by Crippen LogP contribution is 2.38. The van der Waals surface area contributed by atoms with Crippen LogP contribution < -0.4 is 5.73 Å². The Labute approximate surface area is 124 Å². The van der Waals surface area contributed by atoms with Crippen molar-refractivity contribution in [2.75, 3.05) is 0 Å². The fraction of sp³-hybridized carbons (Fsp3) is 0.231. The number of hydrogen-bond acceptors (Lipinski definition) is 2. The maximum Gasteiger partial charge on any atom is 0.137 e. The SMILES string of the molecule is CCC(N)c1ccc(-c2c(Cl)cc(Br)cc2Cl)o1. The molecule has 1 aromatic heterocycles. The van der Waals surface area contributed by atoms with Gasteiger partial charge >= 0.3 is 0 Å². The molecule has 18 heavy (non-hydrogen) atoms. The molecule has 2 nitrogen and oxygen atoms in total. The molecule has 96 valence electrons. The van der Waals surface area contributed by atoms with Crippen molar-refractivity contribution in [3.63, 3.8) is 0 Å². The fourth-order valence-corrected chi connectivity index (χ4v) is 3.06. The summed E-state index contributed by atoms with van der Waals surface area (Å²) in [4.78, 5) is 0. The number of halogens is 3. The number of hydrogen-bond donors (Lipinski definition) is 1. The zero-order valence-corrected chi connectivity index (χ0v) is 12.8. The molecule has 2 aromatic rings. The van der Waals surface area contributed by atoms with Gasteiger partial charge in [-0.2, -0.15) is 0 Å². The predicted molar refractivity (Wildman–Crippen MR) is 79.1 cm³/mol. The molecule has 0 aliphatic heterocycles. The first-order valence-electron chi connectivity index (χ1n) is 5.53. The minimum absolute atomic E-state index is 0.105. The molecule has 2 N–H and O–H groups in total. The van der Waals surface area contributed by atoms with E-state index in [1.807, 2.05) is 19.1 Å². The van der Waals surface area contributed by atoms with Gasteiger partial charge in [-0.25, -0.2) is 0 Å². The van der Waals surface area contributed by atoms with Crippen molar-refractivity contribution in [3.05, 3.63) is 44.5 Å². The van der Waals surface area contributed by atoms with E-state index in [-0.39, 0.29) is 6.04 Å². The van der Waals surface area contributed by atoms with Crippen molar-refractivity contribution < 1.29 is 4.42 Å². The summed E-state index contributed by atoms with van der Waals surface area (Å²) in [5, 5.41) is 1.08. The molecule has 2 rings (SSSR count). The zero-order valence-electron chi connectivity index (χ0n) is 9.71. The van der Waals surface area contributed by atoms with Crippen molar-refractivity contribution >= 4 is 39.1 Å². The van der Waals surface area contributed by atoms with Crippen molar-refractivity contribution in [2.45, 2.75) is 19.4 Å². The van der Waals surface area contributed by atoms with Gasteiger partial charge < -0.3 is 10.2 Å². The molecule has 0 aliphatic rings. The smallest absolute Gasteiger partial charge is 0.137 e. The number of furan rings is 1. The van der Waals surface area contributed by atoms with Crippen molar-refractivity contribution in [3.8, 4) is 11.3 Å². The Morgan fingerprint density at radius 1 is 1.28 bits per heavy atom. The van der Waals surface area contributed by atoms with Gasteiger partial charge in [0.25, 0.3) is 0 Å². The second kappa shape index (κ2) is 5.66. The Kier molecular flexibility index (Phi) is 4.38. The fourth-order valence-electron chi connectivity index (χ4n) is 1.67. The zero-order chi connectivity index (χ0) is 13.3. The minimum Gasteiger partial charge on any atom is -0.459 e. The van der Waals surface area contributed by atoms with Crippen LogP contribution >= 0.6 is 39.1 Å². The molecule has 1 atom stereocenters. The van der Waals surface area contributed by atoms with Gasteiger partial charge in [0.2, 0.25) is 0 Å². The molecule has 0 amide bonds. The van der Waals surface area contributed by atoms with Crippen LogP contribution in [-0.2, 0) is 0 Å². The summed E-state index contributed by atoms with van der Waals surface area (Å²) in [6.45, 7) is 2.01. The highest BCUT2D eigenvalue weighted by atomic mass is 79.9. The summed E-state index contributed by atoms with van der Waals surface area (Å²) in [5.41, 5.74) is 6.61. The number of rotatable bonds is 3. The Balaban J connectivity index is 2.46. The van der Waals surface area contributed by atoms with E-state index < -0.39 is 0 Å². The number of nitrogens with two attached hydrogens (primary N) is 1. The molecule has 0 fully saturated rings. The van der Waals surface area contributed by atoms with Crippen molar-refractivity contribution in [2.24, 2.45) is 5.73 Å². The van der Waals surface area contributed by atoms with E-state index in [4.69, 9.17) is 33.4 Å². The molecular weight excluding hydrogens is 337 g/mol. The summed E-state index contributed by atoms with van der Waals surface area (Å²) in [6.07, 6.45) is 0.814. The molecule has 1 aromatic carbocycles. The third-order valence-corrected chi connectivity index (χ3v) is 3.74. The van der Waals surface area contributed by atoms with E-state index in [0.717, 1.165) is 16.7 Å². The van der Waals surface area contributed by atoms with Crippen LogP contribution in [0.25, 0.3) is 11.3 Å². The number of benzene rings is 1. The molecule has 0 bridgehead atoms. The molecule has 0 radical (unpaired) electrons. The summed E-state index contributed by atoms with van der Waals surface area (Å²) < 4.78 is 6.55. The first-order valence-corrected chi connectivity index (χ1v) is 7.08. The summed E-state index contributed by atoms with van der Waals surface area (Å²) in [6, 6.07) is 7.16. The Morgan fingerprint density at radius 2 is 1.89 bits per heavy atom. The minimum atomic E-state index is -0.105. The van der Waals surface area contributed by atoms with Crippen LogP contribution in [0, 0.1) is 0 Å². The van der Waals surface area contributed by atoms with E-state index in [9.17, 15) is 0 Å².